The predicted molar refractivity (Wildman–Crippen MR) is 117 cm³/mol. The molecule has 2 N–H and O–H groups in total. The van der Waals surface area contributed by atoms with Crippen LogP contribution in [-0.4, -0.2) is 22.5 Å². The molecule has 146 valence electrons. The summed E-state index contributed by atoms with van der Waals surface area (Å²) in [6, 6.07) is 18.9. The molecule has 1 aromatic heterocycles. The van der Waals surface area contributed by atoms with Crippen LogP contribution in [0.25, 0.3) is 22.4 Å². The molecule has 0 aliphatic carbocycles. The molecular weight excluding hydrogens is 386 g/mol. The molecule has 0 aliphatic heterocycles. The molecule has 0 fully saturated rings. The van der Waals surface area contributed by atoms with Crippen molar-refractivity contribution in [2.24, 2.45) is 0 Å². The molecule has 0 spiro atoms. The number of nitrogens with zero attached hydrogens (tertiary/aromatic N) is 1. The number of aromatic amines is 1. The first-order valence-corrected chi connectivity index (χ1v) is 9.61. The number of ether oxygens (including phenoxy) is 1. The summed E-state index contributed by atoms with van der Waals surface area (Å²) in [4.78, 5) is 20.2. The number of H-pyrrole nitrogens is 1. The van der Waals surface area contributed by atoms with Crippen LogP contribution in [-0.2, 0) is 4.79 Å². The lowest BCUT2D eigenvalue weighted by molar-refractivity contribution is -0.118. The van der Waals surface area contributed by atoms with E-state index < -0.39 is 0 Å². The number of fused-ring (bicyclic) bond motifs is 1. The van der Waals surface area contributed by atoms with Crippen LogP contribution < -0.4 is 10.1 Å². The van der Waals surface area contributed by atoms with E-state index in [1.165, 1.54) is 0 Å². The van der Waals surface area contributed by atoms with E-state index in [1.54, 1.807) is 0 Å². The number of rotatable bonds is 5. The number of hydrogen-bond donors (Lipinski definition) is 2. The quantitative estimate of drug-likeness (QED) is 0.459. The van der Waals surface area contributed by atoms with Crippen LogP contribution in [0.1, 0.15) is 11.1 Å². The van der Waals surface area contributed by atoms with Gasteiger partial charge in [0.15, 0.2) is 6.61 Å². The van der Waals surface area contributed by atoms with Crippen LogP contribution in [0, 0.1) is 13.8 Å². The smallest absolute Gasteiger partial charge is 0.262 e. The summed E-state index contributed by atoms with van der Waals surface area (Å²) in [5, 5.41) is 3.54. The molecule has 4 aromatic rings. The lowest BCUT2D eigenvalue weighted by atomic mass is 10.2. The molecule has 0 radical (unpaired) electrons. The summed E-state index contributed by atoms with van der Waals surface area (Å²) in [6.07, 6.45) is 0. The van der Waals surface area contributed by atoms with Crippen molar-refractivity contribution in [1.29, 1.82) is 0 Å². The Bertz CT molecular complexity index is 1140. The minimum atomic E-state index is -0.227. The first-order chi connectivity index (χ1) is 14.0. The van der Waals surface area contributed by atoms with Crippen LogP contribution in [0.15, 0.2) is 60.7 Å². The van der Waals surface area contributed by atoms with Gasteiger partial charge in [-0.15, -0.1) is 0 Å². The van der Waals surface area contributed by atoms with Gasteiger partial charge in [0.1, 0.15) is 11.6 Å². The van der Waals surface area contributed by atoms with E-state index in [2.05, 4.69) is 15.3 Å². The van der Waals surface area contributed by atoms with Gasteiger partial charge >= 0.3 is 0 Å². The van der Waals surface area contributed by atoms with Gasteiger partial charge in [-0.2, -0.15) is 0 Å². The fraction of sp³-hybridized carbons (Fsp3) is 0.130. The number of halogens is 1. The average Bonchev–Trinajstić information content (AvgIpc) is 3.11. The predicted octanol–water partition coefficient (Wildman–Crippen LogP) is 5.52. The summed E-state index contributed by atoms with van der Waals surface area (Å²) in [5.74, 6) is 1.15. The van der Waals surface area contributed by atoms with E-state index in [9.17, 15) is 4.79 Å². The van der Waals surface area contributed by atoms with Gasteiger partial charge in [-0.1, -0.05) is 41.4 Å². The van der Waals surface area contributed by atoms with E-state index in [4.69, 9.17) is 16.3 Å². The fourth-order valence-electron chi connectivity index (χ4n) is 3.00. The standard InChI is InChI=1S/C23H20ClN3O2/c1-14-6-8-18(9-7-14)29-13-22(28)25-17-5-3-4-16(11-17)23-26-20-10-15(2)19(24)12-21(20)27-23/h3-12H,13H2,1-2H3,(H,25,28)(H,26,27). The summed E-state index contributed by atoms with van der Waals surface area (Å²) >= 11 is 6.19. The molecule has 1 heterocycles. The highest BCUT2D eigenvalue weighted by Gasteiger charge is 2.09. The Kier molecular flexibility index (Phi) is 5.23. The molecule has 1 amide bonds. The van der Waals surface area contributed by atoms with Gasteiger partial charge in [0.05, 0.1) is 11.0 Å². The van der Waals surface area contributed by atoms with Crippen LogP contribution in [0.2, 0.25) is 5.02 Å². The summed E-state index contributed by atoms with van der Waals surface area (Å²) in [7, 11) is 0. The number of aromatic nitrogens is 2. The van der Waals surface area contributed by atoms with E-state index >= 15 is 0 Å². The highest BCUT2D eigenvalue weighted by molar-refractivity contribution is 6.32. The number of aryl methyl sites for hydroxylation is 2. The molecular formula is C23H20ClN3O2. The lowest BCUT2D eigenvalue weighted by Crippen LogP contribution is -2.20. The van der Waals surface area contributed by atoms with Crippen LogP contribution in [0.5, 0.6) is 5.75 Å². The second-order valence-corrected chi connectivity index (χ2v) is 7.34. The molecule has 5 nitrogen and oxygen atoms in total. The number of anilines is 1. The van der Waals surface area contributed by atoms with Crippen molar-refractivity contribution in [3.05, 3.63) is 76.8 Å². The largest absolute Gasteiger partial charge is 0.484 e. The minimum absolute atomic E-state index is 0.0598. The average molecular weight is 406 g/mol. The number of nitrogens with one attached hydrogen (secondary N) is 2. The summed E-state index contributed by atoms with van der Waals surface area (Å²) in [5.41, 5.74) is 5.40. The zero-order valence-corrected chi connectivity index (χ0v) is 16.9. The highest BCUT2D eigenvalue weighted by Crippen LogP contribution is 2.26. The number of carbonyl (C=O) groups excluding carboxylic acids is 1. The van der Waals surface area contributed by atoms with Crippen LogP contribution in [0.3, 0.4) is 0 Å². The third kappa shape index (κ3) is 4.41. The van der Waals surface area contributed by atoms with Gasteiger partial charge < -0.3 is 15.0 Å². The fourth-order valence-corrected chi connectivity index (χ4v) is 3.16. The van der Waals surface area contributed by atoms with Crippen molar-refractivity contribution >= 4 is 34.2 Å². The Labute approximate surface area is 173 Å². The second kappa shape index (κ2) is 7.97. The Morgan fingerprint density at radius 1 is 1.10 bits per heavy atom. The lowest BCUT2D eigenvalue weighted by Gasteiger charge is -2.08. The van der Waals surface area contributed by atoms with Gasteiger partial charge in [-0.3, -0.25) is 4.79 Å². The van der Waals surface area contributed by atoms with Crippen molar-refractivity contribution < 1.29 is 9.53 Å². The molecule has 0 saturated carbocycles. The van der Waals surface area contributed by atoms with Gasteiger partial charge in [-0.05, 0) is 55.8 Å². The van der Waals surface area contributed by atoms with Gasteiger partial charge in [0.25, 0.3) is 5.91 Å². The van der Waals surface area contributed by atoms with Crippen molar-refractivity contribution in [3.8, 4) is 17.1 Å². The molecule has 0 bridgehead atoms. The van der Waals surface area contributed by atoms with Crippen LogP contribution >= 0.6 is 11.6 Å². The first kappa shape index (κ1) is 19.0. The SMILES string of the molecule is Cc1ccc(OCC(=O)Nc2cccc(-c3nc4cc(Cl)c(C)cc4[nH]3)c2)cc1. The molecule has 29 heavy (non-hydrogen) atoms. The zero-order chi connectivity index (χ0) is 20.4. The molecule has 3 aromatic carbocycles. The van der Waals surface area contributed by atoms with Crippen molar-refractivity contribution in [3.63, 3.8) is 0 Å². The zero-order valence-electron chi connectivity index (χ0n) is 16.1. The maximum atomic E-state index is 12.2. The number of imidazole rings is 1. The number of hydrogen-bond acceptors (Lipinski definition) is 3. The molecule has 6 heteroatoms. The van der Waals surface area contributed by atoms with Crippen molar-refractivity contribution in [2.75, 3.05) is 11.9 Å². The Morgan fingerprint density at radius 2 is 1.90 bits per heavy atom. The Balaban J connectivity index is 1.47. The number of benzene rings is 3. The second-order valence-electron chi connectivity index (χ2n) is 6.93. The Morgan fingerprint density at radius 3 is 2.69 bits per heavy atom. The normalized spacial score (nSPS) is 10.9. The van der Waals surface area contributed by atoms with E-state index in [0.29, 0.717) is 22.3 Å². The van der Waals surface area contributed by atoms with E-state index in [-0.39, 0.29) is 12.5 Å². The van der Waals surface area contributed by atoms with Crippen molar-refractivity contribution in [2.45, 2.75) is 13.8 Å². The third-order valence-corrected chi connectivity index (χ3v) is 4.98. The molecule has 0 aliphatic rings. The highest BCUT2D eigenvalue weighted by atomic mass is 35.5. The summed E-state index contributed by atoms with van der Waals surface area (Å²) < 4.78 is 5.53. The minimum Gasteiger partial charge on any atom is -0.484 e. The van der Waals surface area contributed by atoms with Crippen molar-refractivity contribution in [1.82, 2.24) is 9.97 Å². The number of carbonyl (C=O) groups is 1. The maximum Gasteiger partial charge on any atom is 0.262 e. The molecule has 0 saturated heterocycles. The van der Waals surface area contributed by atoms with Gasteiger partial charge in [0, 0.05) is 16.3 Å². The van der Waals surface area contributed by atoms with Gasteiger partial charge in [0.2, 0.25) is 0 Å². The maximum absolute atomic E-state index is 12.2. The topological polar surface area (TPSA) is 67.0 Å². The molecule has 4 rings (SSSR count). The monoisotopic (exact) mass is 405 g/mol. The van der Waals surface area contributed by atoms with E-state index in [0.717, 1.165) is 27.7 Å². The number of amides is 1. The third-order valence-electron chi connectivity index (χ3n) is 4.57. The summed E-state index contributed by atoms with van der Waals surface area (Å²) in [6.45, 7) is 3.90. The Hall–Kier alpha value is -3.31. The van der Waals surface area contributed by atoms with E-state index in [1.807, 2.05) is 74.5 Å². The van der Waals surface area contributed by atoms with Gasteiger partial charge in [-0.25, -0.2) is 4.98 Å². The molecule has 0 atom stereocenters. The first-order valence-electron chi connectivity index (χ1n) is 9.23. The van der Waals surface area contributed by atoms with Crippen LogP contribution in [0.4, 0.5) is 5.69 Å². The molecule has 0 unspecified atom stereocenters.